The van der Waals surface area contributed by atoms with Crippen LogP contribution >= 0.6 is 0 Å². The van der Waals surface area contributed by atoms with Gasteiger partial charge in [-0.1, -0.05) is 13.5 Å². The van der Waals surface area contributed by atoms with E-state index in [1.165, 1.54) is 0 Å². The van der Waals surface area contributed by atoms with Gasteiger partial charge in [0.05, 0.1) is 0 Å². The second-order valence-electron chi connectivity index (χ2n) is 7.14. The molecule has 0 heterocycles. The van der Waals surface area contributed by atoms with Crippen molar-refractivity contribution in [2.45, 2.75) is 65.3 Å². The molecule has 8 heteroatoms. The number of ether oxygens (including phenoxy) is 1. The fourth-order valence-corrected chi connectivity index (χ4v) is 11.1. The van der Waals surface area contributed by atoms with Gasteiger partial charge in [0.15, 0.2) is 22.4 Å². The van der Waals surface area contributed by atoms with Crippen LogP contribution in [0.2, 0.25) is 39.3 Å². The highest BCUT2D eigenvalue weighted by molar-refractivity contribution is 6.85. The molecule has 0 saturated carbocycles. The smallest absolute Gasteiger partial charge is 0.455 e. The second kappa shape index (κ2) is 7.34. The van der Waals surface area contributed by atoms with E-state index in [9.17, 15) is 9.59 Å². The van der Waals surface area contributed by atoms with Crippen LogP contribution in [-0.4, -0.2) is 41.9 Å². The van der Waals surface area contributed by atoms with Crippen molar-refractivity contribution in [2.75, 3.05) is 0 Å². The van der Waals surface area contributed by atoms with Crippen LogP contribution in [0.25, 0.3) is 0 Å². The molecular formula is C13H30O5Si3. The molecule has 0 bridgehead atoms. The van der Waals surface area contributed by atoms with Crippen molar-refractivity contribution in [1.82, 2.24) is 0 Å². The van der Waals surface area contributed by atoms with E-state index < -0.39 is 37.1 Å². The quantitative estimate of drug-likeness (QED) is 0.414. The van der Waals surface area contributed by atoms with Crippen molar-refractivity contribution in [3.63, 3.8) is 0 Å². The summed E-state index contributed by atoms with van der Waals surface area (Å²) in [6.07, 6.45) is 0.441. The lowest BCUT2D eigenvalue weighted by molar-refractivity contribution is -0.143. The van der Waals surface area contributed by atoms with Crippen LogP contribution in [0.1, 0.15) is 20.3 Å². The molecule has 1 unspecified atom stereocenters. The molecule has 1 atom stereocenters. The predicted molar refractivity (Wildman–Crippen MR) is 91.8 cm³/mol. The average molecular weight is 351 g/mol. The summed E-state index contributed by atoms with van der Waals surface area (Å²) in [4.78, 5) is 22.8. The maximum atomic E-state index is 11.8. The Morgan fingerprint density at radius 2 is 1.48 bits per heavy atom. The van der Waals surface area contributed by atoms with E-state index in [1.54, 1.807) is 6.92 Å². The first-order chi connectivity index (χ1) is 9.20. The van der Waals surface area contributed by atoms with Gasteiger partial charge in [-0.05, 0) is 52.6 Å². The van der Waals surface area contributed by atoms with Crippen molar-refractivity contribution < 1.29 is 22.6 Å². The van der Waals surface area contributed by atoms with E-state index >= 15 is 0 Å². The zero-order valence-corrected chi connectivity index (χ0v) is 17.6. The Morgan fingerprint density at radius 1 is 1.10 bits per heavy atom. The van der Waals surface area contributed by atoms with Crippen LogP contribution in [0.5, 0.6) is 0 Å². The van der Waals surface area contributed by atoms with Crippen LogP contribution in [0, 0.1) is 0 Å². The van der Waals surface area contributed by atoms with E-state index in [0.29, 0.717) is 12.0 Å². The monoisotopic (exact) mass is 350 g/mol. The maximum Gasteiger partial charge on any atom is 0.520 e. The van der Waals surface area contributed by atoms with Crippen LogP contribution in [0.15, 0.2) is 12.2 Å². The van der Waals surface area contributed by atoms with E-state index in [-0.39, 0.29) is 0 Å². The first-order valence-corrected chi connectivity index (χ1v) is 15.8. The average Bonchev–Trinajstić information content (AvgIpc) is 2.19. The zero-order valence-electron chi connectivity index (χ0n) is 14.6. The molecule has 1 N–H and O–H groups in total. The lowest BCUT2D eigenvalue weighted by Gasteiger charge is -2.39. The van der Waals surface area contributed by atoms with Crippen molar-refractivity contribution in [3.05, 3.63) is 12.2 Å². The minimum atomic E-state index is -3.62. The van der Waals surface area contributed by atoms with E-state index in [4.69, 9.17) is 13.0 Å². The van der Waals surface area contributed by atoms with Crippen molar-refractivity contribution in [1.29, 1.82) is 0 Å². The highest BCUT2D eigenvalue weighted by Gasteiger charge is 2.53. The fraction of sp³-hybridized carbons (Fsp3) is 0.769. The number of rotatable bonds is 8. The van der Waals surface area contributed by atoms with Gasteiger partial charge in [0.25, 0.3) is 0 Å². The van der Waals surface area contributed by atoms with Crippen molar-refractivity contribution in [3.8, 4) is 0 Å². The second-order valence-corrected chi connectivity index (χ2v) is 19.1. The van der Waals surface area contributed by atoms with Crippen molar-refractivity contribution in [2.24, 2.45) is 0 Å². The Labute approximate surface area is 131 Å². The lowest BCUT2D eigenvalue weighted by Crippen LogP contribution is -2.63. The normalized spacial score (nSPS) is 14.7. The summed E-state index contributed by atoms with van der Waals surface area (Å²) in [7, 11) is -7.73. The molecule has 0 aliphatic heterocycles. The molecular weight excluding hydrogens is 320 g/mol. The molecule has 0 rings (SSSR count). The number of esters is 1. The van der Waals surface area contributed by atoms with Crippen LogP contribution in [-0.2, 0) is 17.8 Å². The van der Waals surface area contributed by atoms with Crippen LogP contribution < -0.4 is 0 Å². The third kappa shape index (κ3) is 8.07. The molecule has 5 nitrogen and oxygen atoms in total. The first kappa shape index (κ1) is 20.7. The number of hydrogen-bond donors (Lipinski definition) is 1. The van der Waals surface area contributed by atoms with E-state index in [2.05, 4.69) is 6.58 Å². The highest BCUT2D eigenvalue weighted by Crippen LogP contribution is 2.25. The van der Waals surface area contributed by atoms with E-state index in [0.717, 1.165) is 0 Å². The van der Waals surface area contributed by atoms with Gasteiger partial charge in [0, 0.05) is 5.57 Å². The molecule has 0 aliphatic rings. The first-order valence-electron chi connectivity index (χ1n) is 7.19. The summed E-state index contributed by atoms with van der Waals surface area (Å²) in [6, 6.07) is 0. The molecule has 0 saturated heterocycles. The molecule has 0 aromatic heterocycles. The van der Waals surface area contributed by atoms with Gasteiger partial charge < -0.3 is 17.8 Å². The summed E-state index contributed by atoms with van der Waals surface area (Å²) in [5.74, 6) is -0.522. The number of carbonyl (C=O) groups is 1. The van der Waals surface area contributed by atoms with Gasteiger partial charge in [0.2, 0.25) is 0 Å². The zero-order chi connectivity index (χ0) is 17.1. The largest absolute Gasteiger partial charge is 0.520 e. The summed E-state index contributed by atoms with van der Waals surface area (Å²) in [5.41, 5.74) is -0.453. The van der Waals surface area contributed by atoms with Gasteiger partial charge in [-0.15, -0.1) is 0 Å². The third-order valence-electron chi connectivity index (χ3n) is 2.28. The highest BCUT2D eigenvalue weighted by atomic mass is 28.5. The summed E-state index contributed by atoms with van der Waals surface area (Å²) in [6.45, 7) is 18.9. The minimum Gasteiger partial charge on any atom is -0.455 e. The Bertz CT molecular complexity index is 368. The minimum absolute atomic E-state index is 0.297. The Morgan fingerprint density at radius 3 is 1.71 bits per heavy atom. The molecule has 0 radical (unpaired) electrons. The molecule has 0 spiro atoms. The third-order valence-corrected chi connectivity index (χ3v) is 10.9. The number of hydrogen-bond acceptors (Lipinski definition) is 5. The van der Waals surface area contributed by atoms with Crippen molar-refractivity contribution >= 4 is 31.4 Å². The molecule has 21 heavy (non-hydrogen) atoms. The van der Waals surface area contributed by atoms with Crippen LogP contribution in [0.4, 0.5) is 0 Å². The van der Waals surface area contributed by atoms with Crippen LogP contribution in [0.3, 0.4) is 0 Å². The van der Waals surface area contributed by atoms with Gasteiger partial charge in [-0.3, -0.25) is 0 Å². The Kier molecular flexibility index (Phi) is 7.25. The summed E-state index contributed by atoms with van der Waals surface area (Å²) in [5, 5.41) is 0. The molecule has 0 aliphatic carbocycles. The fourth-order valence-electron chi connectivity index (χ4n) is 1.68. The topological polar surface area (TPSA) is 65.0 Å². The SMILES string of the molecule is C=C(C)C(=O)OC(CC)[Si](O)(O[Si](C)(C)C)O[Si](C)(C)C. The molecule has 0 fully saturated rings. The standard InChI is InChI=1S/C13H30O5Si3/c1-10-12(16-13(14)11(2)3)21(15,17-19(4,5)6)18-20(7,8)9/h12,15H,2,10H2,1,3-9H3. The maximum absolute atomic E-state index is 11.8. The number of carbonyl (C=O) groups excluding carboxylic acids is 1. The molecule has 0 amide bonds. The van der Waals surface area contributed by atoms with Gasteiger partial charge >= 0.3 is 14.8 Å². The molecule has 0 aromatic carbocycles. The summed E-state index contributed by atoms with van der Waals surface area (Å²) < 4.78 is 17.3. The summed E-state index contributed by atoms with van der Waals surface area (Å²) >= 11 is 0. The van der Waals surface area contributed by atoms with E-state index in [1.807, 2.05) is 46.2 Å². The van der Waals surface area contributed by atoms with Gasteiger partial charge in [0.1, 0.15) is 0 Å². The Hall–Kier alpha value is -0.259. The molecule has 124 valence electrons. The predicted octanol–water partition coefficient (Wildman–Crippen LogP) is 3.06. The van der Waals surface area contributed by atoms with Gasteiger partial charge in [-0.2, -0.15) is 0 Å². The Balaban J connectivity index is 5.41. The molecule has 0 aromatic rings. The van der Waals surface area contributed by atoms with Gasteiger partial charge in [-0.25, -0.2) is 4.79 Å². The lowest BCUT2D eigenvalue weighted by atomic mass is 10.4.